The van der Waals surface area contributed by atoms with Crippen LogP contribution in [-0.4, -0.2) is 13.2 Å². The lowest BCUT2D eigenvalue weighted by atomic mass is 10.1. The molecule has 0 amide bonds. The number of terminal acetylenes is 1. The summed E-state index contributed by atoms with van der Waals surface area (Å²) in [6, 6.07) is 5.09. The maximum Gasteiger partial charge on any atom is 0.169 e. The van der Waals surface area contributed by atoms with E-state index >= 15 is 0 Å². The molecule has 1 unspecified atom stereocenters. The molecule has 0 aliphatic rings. The topological polar surface area (TPSA) is 21.3 Å². The Bertz CT molecular complexity index is 398. The zero-order valence-electron chi connectivity index (χ0n) is 10.3. The highest BCUT2D eigenvalue weighted by molar-refractivity contribution is 5.31. The van der Waals surface area contributed by atoms with Gasteiger partial charge in [0, 0.05) is 12.1 Å². The molecular formula is C14H18FNO. The smallest absolute Gasteiger partial charge is 0.169 e. The van der Waals surface area contributed by atoms with Crippen LogP contribution in [0, 0.1) is 18.2 Å². The molecule has 0 fully saturated rings. The number of benzene rings is 1. The summed E-state index contributed by atoms with van der Waals surface area (Å²) in [6.45, 7) is 2.48. The van der Waals surface area contributed by atoms with E-state index in [9.17, 15) is 4.39 Å². The summed E-state index contributed by atoms with van der Waals surface area (Å²) in [5, 5.41) is 3.15. The summed E-state index contributed by atoms with van der Waals surface area (Å²) in [5.41, 5.74) is 0.570. The Morgan fingerprint density at radius 3 is 2.88 bits per heavy atom. The van der Waals surface area contributed by atoms with Crippen molar-refractivity contribution < 1.29 is 9.13 Å². The van der Waals surface area contributed by atoms with E-state index in [0.29, 0.717) is 12.1 Å². The fraction of sp³-hybridized carbons (Fsp3) is 0.429. The molecule has 1 rings (SSSR count). The SMILES string of the molecule is C#CC(CCC)NCc1cccc(OC)c1F. The largest absolute Gasteiger partial charge is 0.494 e. The molecule has 0 heterocycles. The van der Waals surface area contributed by atoms with Gasteiger partial charge in [-0.25, -0.2) is 4.39 Å². The second-order valence-electron chi connectivity index (χ2n) is 3.82. The maximum absolute atomic E-state index is 13.8. The zero-order chi connectivity index (χ0) is 12.7. The Labute approximate surface area is 102 Å². The summed E-state index contributed by atoms with van der Waals surface area (Å²) in [5.74, 6) is 2.59. The third kappa shape index (κ3) is 3.76. The van der Waals surface area contributed by atoms with Gasteiger partial charge in [0.2, 0.25) is 0 Å². The minimum Gasteiger partial charge on any atom is -0.494 e. The Hall–Kier alpha value is -1.53. The van der Waals surface area contributed by atoms with E-state index in [-0.39, 0.29) is 17.6 Å². The van der Waals surface area contributed by atoms with Crippen LogP contribution in [0.5, 0.6) is 5.75 Å². The Balaban J connectivity index is 2.66. The molecular weight excluding hydrogens is 217 g/mol. The van der Waals surface area contributed by atoms with Gasteiger partial charge in [0.1, 0.15) is 0 Å². The van der Waals surface area contributed by atoms with Gasteiger partial charge in [-0.15, -0.1) is 6.42 Å². The van der Waals surface area contributed by atoms with Crippen LogP contribution in [0.15, 0.2) is 18.2 Å². The minimum atomic E-state index is -0.324. The van der Waals surface area contributed by atoms with Crippen molar-refractivity contribution in [2.75, 3.05) is 7.11 Å². The highest BCUT2D eigenvalue weighted by atomic mass is 19.1. The molecule has 2 nitrogen and oxygen atoms in total. The standard InChI is InChI=1S/C14H18FNO/c1-4-7-12(5-2)16-10-11-8-6-9-13(17-3)14(11)15/h2,6,8-9,12,16H,4,7,10H2,1,3H3. The van der Waals surface area contributed by atoms with Gasteiger partial charge in [0.25, 0.3) is 0 Å². The third-order valence-corrected chi connectivity index (χ3v) is 2.58. The molecule has 1 aromatic carbocycles. The van der Waals surface area contributed by atoms with Crippen LogP contribution in [0.3, 0.4) is 0 Å². The molecule has 0 aliphatic heterocycles. The van der Waals surface area contributed by atoms with Crippen LogP contribution < -0.4 is 10.1 Å². The number of ether oxygens (including phenoxy) is 1. The quantitative estimate of drug-likeness (QED) is 0.765. The highest BCUT2D eigenvalue weighted by Gasteiger charge is 2.09. The van der Waals surface area contributed by atoms with E-state index in [4.69, 9.17) is 11.2 Å². The zero-order valence-corrected chi connectivity index (χ0v) is 10.3. The number of halogens is 1. The second-order valence-corrected chi connectivity index (χ2v) is 3.82. The number of hydrogen-bond acceptors (Lipinski definition) is 2. The fourth-order valence-electron chi connectivity index (χ4n) is 1.62. The van der Waals surface area contributed by atoms with Crippen molar-refractivity contribution in [1.29, 1.82) is 0 Å². The van der Waals surface area contributed by atoms with Gasteiger partial charge in [-0.3, -0.25) is 5.32 Å². The van der Waals surface area contributed by atoms with Gasteiger partial charge >= 0.3 is 0 Å². The van der Waals surface area contributed by atoms with E-state index in [1.807, 2.05) is 0 Å². The normalized spacial score (nSPS) is 11.9. The predicted octanol–water partition coefficient (Wildman–Crippen LogP) is 2.73. The van der Waals surface area contributed by atoms with Crippen molar-refractivity contribution in [1.82, 2.24) is 5.32 Å². The molecule has 0 saturated carbocycles. The van der Waals surface area contributed by atoms with E-state index in [1.54, 1.807) is 18.2 Å². The average molecular weight is 235 g/mol. The number of methoxy groups -OCH3 is 1. The molecule has 1 N–H and O–H groups in total. The Morgan fingerprint density at radius 2 is 2.29 bits per heavy atom. The lowest BCUT2D eigenvalue weighted by Gasteiger charge is -2.13. The Morgan fingerprint density at radius 1 is 1.53 bits per heavy atom. The molecule has 0 aromatic heterocycles. The van der Waals surface area contributed by atoms with Crippen LogP contribution in [-0.2, 0) is 6.54 Å². The van der Waals surface area contributed by atoms with Crippen molar-refractivity contribution in [3.05, 3.63) is 29.6 Å². The number of rotatable bonds is 6. The molecule has 92 valence electrons. The van der Waals surface area contributed by atoms with Crippen LogP contribution >= 0.6 is 0 Å². The van der Waals surface area contributed by atoms with Gasteiger partial charge in [0.15, 0.2) is 11.6 Å². The van der Waals surface area contributed by atoms with Crippen LogP contribution in [0.1, 0.15) is 25.3 Å². The molecule has 1 aromatic rings. The molecule has 0 spiro atoms. The van der Waals surface area contributed by atoms with E-state index < -0.39 is 0 Å². The van der Waals surface area contributed by atoms with Crippen molar-refractivity contribution in [2.24, 2.45) is 0 Å². The van der Waals surface area contributed by atoms with Crippen LogP contribution in [0.4, 0.5) is 4.39 Å². The summed E-state index contributed by atoms with van der Waals surface area (Å²) < 4.78 is 18.7. The molecule has 1 atom stereocenters. The molecule has 0 bridgehead atoms. The first-order chi connectivity index (χ1) is 8.22. The first kappa shape index (κ1) is 13.5. The highest BCUT2D eigenvalue weighted by Crippen LogP contribution is 2.19. The maximum atomic E-state index is 13.8. The lowest BCUT2D eigenvalue weighted by molar-refractivity contribution is 0.383. The van der Waals surface area contributed by atoms with E-state index in [0.717, 1.165) is 12.8 Å². The first-order valence-corrected chi connectivity index (χ1v) is 5.73. The van der Waals surface area contributed by atoms with Crippen molar-refractivity contribution in [3.8, 4) is 18.1 Å². The van der Waals surface area contributed by atoms with Gasteiger partial charge in [-0.05, 0) is 12.5 Å². The van der Waals surface area contributed by atoms with E-state index in [1.165, 1.54) is 7.11 Å². The second kappa shape index (κ2) is 6.93. The van der Waals surface area contributed by atoms with Gasteiger partial charge in [0.05, 0.1) is 13.2 Å². The monoisotopic (exact) mass is 235 g/mol. The van der Waals surface area contributed by atoms with Crippen LogP contribution in [0.2, 0.25) is 0 Å². The van der Waals surface area contributed by atoms with Crippen molar-refractivity contribution in [3.63, 3.8) is 0 Å². The fourth-order valence-corrected chi connectivity index (χ4v) is 1.62. The van der Waals surface area contributed by atoms with Crippen LogP contribution in [0.25, 0.3) is 0 Å². The molecule has 0 saturated heterocycles. The molecule has 3 heteroatoms. The van der Waals surface area contributed by atoms with Crippen molar-refractivity contribution >= 4 is 0 Å². The van der Waals surface area contributed by atoms with Gasteiger partial charge < -0.3 is 4.74 Å². The summed E-state index contributed by atoms with van der Waals surface area (Å²) in [4.78, 5) is 0. The molecule has 0 aliphatic carbocycles. The summed E-state index contributed by atoms with van der Waals surface area (Å²) in [7, 11) is 1.46. The number of nitrogens with one attached hydrogen (secondary N) is 1. The average Bonchev–Trinajstić information content (AvgIpc) is 2.36. The molecule has 0 radical (unpaired) electrons. The van der Waals surface area contributed by atoms with E-state index in [2.05, 4.69) is 18.2 Å². The Kier molecular flexibility index (Phi) is 5.51. The lowest BCUT2D eigenvalue weighted by Crippen LogP contribution is -2.27. The first-order valence-electron chi connectivity index (χ1n) is 5.73. The van der Waals surface area contributed by atoms with Gasteiger partial charge in [-0.1, -0.05) is 31.4 Å². The molecule has 17 heavy (non-hydrogen) atoms. The minimum absolute atomic E-state index is 0.00870. The van der Waals surface area contributed by atoms with Crippen molar-refractivity contribution in [2.45, 2.75) is 32.4 Å². The third-order valence-electron chi connectivity index (χ3n) is 2.58. The summed E-state index contributed by atoms with van der Waals surface area (Å²) in [6.07, 6.45) is 7.28. The summed E-state index contributed by atoms with van der Waals surface area (Å²) >= 11 is 0. The number of hydrogen-bond donors (Lipinski definition) is 1. The van der Waals surface area contributed by atoms with Gasteiger partial charge in [-0.2, -0.15) is 0 Å². The predicted molar refractivity (Wildman–Crippen MR) is 67.3 cm³/mol.